The van der Waals surface area contributed by atoms with Crippen LogP contribution in [0.5, 0.6) is 0 Å². The van der Waals surface area contributed by atoms with E-state index in [2.05, 4.69) is 0 Å². The second-order valence-corrected chi connectivity index (χ2v) is 3.48. The van der Waals surface area contributed by atoms with Crippen LogP contribution in [-0.4, -0.2) is 25.1 Å². The standard InChI is InChI=1S/C4H8F2O3S.Na/c1-3(4(5)6)2-10(7,8)9;/h3-4H,2H2,1H3,(H,7,8,9);/q;+1/p-1. The fraction of sp³-hybridized carbons (Fsp3) is 1.00. The van der Waals surface area contributed by atoms with Crippen molar-refractivity contribution >= 4 is 10.1 Å². The monoisotopic (exact) mass is 196 g/mol. The van der Waals surface area contributed by atoms with Crippen LogP contribution in [0.1, 0.15) is 6.92 Å². The third-order valence-electron chi connectivity index (χ3n) is 0.897. The van der Waals surface area contributed by atoms with Crippen molar-refractivity contribution < 1.29 is 51.3 Å². The summed E-state index contributed by atoms with van der Waals surface area (Å²) >= 11 is 0. The average molecular weight is 196 g/mol. The average Bonchev–Trinajstić information content (AvgIpc) is 1.60. The Hall–Kier alpha value is 0.770. The molecule has 0 fully saturated rings. The largest absolute Gasteiger partial charge is 1.00 e. The van der Waals surface area contributed by atoms with Gasteiger partial charge in [-0.3, -0.25) is 0 Å². The number of hydrogen-bond donors (Lipinski definition) is 0. The van der Waals surface area contributed by atoms with Gasteiger partial charge in [-0.2, -0.15) is 0 Å². The summed E-state index contributed by atoms with van der Waals surface area (Å²) in [5.41, 5.74) is 0. The summed E-state index contributed by atoms with van der Waals surface area (Å²) in [4.78, 5) is 0. The van der Waals surface area contributed by atoms with Gasteiger partial charge < -0.3 is 4.55 Å². The summed E-state index contributed by atoms with van der Waals surface area (Å²) in [5, 5.41) is 0. The quantitative estimate of drug-likeness (QED) is 0.368. The second-order valence-electron chi connectivity index (χ2n) is 2.04. The Morgan fingerprint density at radius 2 is 1.82 bits per heavy atom. The van der Waals surface area contributed by atoms with Gasteiger partial charge in [0.05, 0.1) is 10.1 Å². The minimum Gasteiger partial charge on any atom is -0.748 e. The van der Waals surface area contributed by atoms with Gasteiger partial charge in [0, 0.05) is 11.7 Å². The van der Waals surface area contributed by atoms with E-state index in [1.54, 1.807) is 0 Å². The first-order valence-electron chi connectivity index (χ1n) is 2.54. The second kappa shape index (κ2) is 5.42. The molecule has 7 heteroatoms. The van der Waals surface area contributed by atoms with Crippen LogP contribution in [0.2, 0.25) is 0 Å². The molecule has 0 aromatic rings. The van der Waals surface area contributed by atoms with Gasteiger partial charge >= 0.3 is 29.6 Å². The van der Waals surface area contributed by atoms with E-state index < -0.39 is 28.2 Å². The van der Waals surface area contributed by atoms with Crippen molar-refractivity contribution in [2.24, 2.45) is 5.92 Å². The maximum absolute atomic E-state index is 11.6. The SMILES string of the molecule is CC(CS(=O)(=O)[O-])C(F)F.[Na+]. The number of alkyl halides is 2. The molecule has 0 amide bonds. The van der Waals surface area contributed by atoms with Gasteiger partial charge in [-0.15, -0.1) is 0 Å². The third kappa shape index (κ3) is 8.68. The van der Waals surface area contributed by atoms with Crippen molar-refractivity contribution in [2.75, 3.05) is 5.75 Å². The molecular weight excluding hydrogens is 189 g/mol. The first kappa shape index (κ1) is 14.3. The smallest absolute Gasteiger partial charge is 0.748 e. The maximum atomic E-state index is 11.6. The summed E-state index contributed by atoms with van der Waals surface area (Å²) in [7, 11) is -4.50. The van der Waals surface area contributed by atoms with Crippen LogP contribution in [0.15, 0.2) is 0 Å². The Kier molecular flexibility index (Phi) is 7.05. The zero-order valence-electron chi connectivity index (χ0n) is 6.25. The van der Waals surface area contributed by atoms with Crippen LogP contribution in [-0.2, 0) is 10.1 Å². The molecule has 0 aliphatic rings. The fourth-order valence-electron chi connectivity index (χ4n) is 0.395. The minimum absolute atomic E-state index is 0. The molecular formula is C4H7F2NaO3S. The topological polar surface area (TPSA) is 57.2 Å². The summed E-state index contributed by atoms with van der Waals surface area (Å²) in [6, 6.07) is 0. The normalized spacial score (nSPS) is 14.3. The van der Waals surface area contributed by atoms with E-state index in [1.807, 2.05) is 0 Å². The predicted octanol–water partition coefficient (Wildman–Crippen LogP) is -2.56. The molecule has 0 radical (unpaired) electrons. The van der Waals surface area contributed by atoms with E-state index in [-0.39, 0.29) is 29.6 Å². The van der Waals surface area contributed by atoms with Crippen LogP contribution in [0.25, 0.3) is 0 Å². The molecule has 0 bridgehead atoms. The van der Waals surface area contributed by atoms with Crippen LogP contribution in [0.4, 0.5) is 8.78 Å². The van der Waals surface area contributed by atoms with Crippen molar-refractivity contribution in [1.29, 1.82) is 0 Å². The summed E-state index contributed by atoms with van der Waals surface area (Å²) in [5.74, 6) is -2.37. The van der Waals surface area contributed by atoms with Crippen molar-refractivity contribution in [3.8, 4) is 0 Å². The number of hydrogen-bond acceptors (Lipinski definition) is 3. The Bertz CT molecular complexity index is 192. The minimum atomic E-state index is -4.50. The molecule has 1 atom stereocenters. The molecule has 0 aliphatic heterocycles. The van der Waals surface area contributed by atoms with Crippen molar-refractivity contribution in [1.82, 2.24) is 0 Å². The van der Waals surface area contributed by atoms with Gasteiger partial charge in [0.25, 0.3) is 0 Å². The first-order valence-corrected chi connectivity index (χ1v) is 4.12. The van der Waals surface area contributed by atoms with Crippen molar-refractivity contribution in [2.45, 2.75) is 13.3 Å². The van der Waals surface area contributed by atoms with Crippen LogP contribution >= 0.6 is 0 Å². The zero-order valence-corrected chi connectivity index (χ0v) is 9.07. The molecule has 0 aliphatic carbocycles. The molecule has 0 heterocycles. The van der Waals surface area contributed by atoms with Gasteiger partial charge in [-0.05, 0) is 0 Å². The molecule has 0 rings (SSSR count). The van der Waals surface area contributed by atoms with E-state index in [1.165, 1.54) is 0 Å². The molecule has 0 spiro atoms. The van der Waals surface area contributed by atoms with Crippen LogP contribution in [0.3, 0.4) is 0 Å². The zero-order chi connectivity index (χ0) is 8.36. The Morgan fingerprint density at radius 1 is 1.45 bits per heavy atom. The van der Waals surface area contributed by atoms with Gasteiger partial charge in [-0.1, -0.05) is 6.92 Å². The maximum Gasteiger partial charge on any atom is 1.00 e. The summed E-state index contributed by atoms with van der Waals surface area (Å²) < 4.78 is 52.7. The molecule has 0 aromatic carbocycles. The van der Waals surface area contributed by atoms with E-state index in [0.717, 1.165) is 6.92 Å². The van der Waals surface area contributed by atoms with Gasteiger partial charge in [0.15, 0.2) is 0 Å². The van der Waals surface area contributed by atoms with Crippen molar-refractivity contribution in [3.05, 3.63) is 0 Å². The van der Waals surface area contributed by atoms with Crippen molar-refractivity contribution in [3.63, 3.8) is 0 Å². The van der Waals surface area contributed by atoms with Crippen LogP contribution < -0.4 is 29.6 Å². The third-order valence-corrected chi connectivity index (χ3v) is 1.83. The molecule has 0 N–H and O–H groups in total. The van der Waals surface area contributed by atoms with E-state index in [9.17, 15) is 21.8 Å². The summed E-state index contributed by atoms with van der Waals surface area (Å²) in [6.07, 6.45) is -2.75. The molecule has 62 valence electrons. The van der Waals surface area contributed by atoms with Gasteiger partial charge in [-0.25, -0.2) is 17.2 Å². The molecule has 1 unspecified atom stereocenters. The molecule has 0 saturated carbocycles. The van der Waals surface area contributed by atoms with Crippen LogP contribution in [0, 0.1) is 5.92 Å². The van der Waals surface area contributed by atoms with E-state index in [4.69, 9.17) is 0 Å². The fourth-order valence-corrected chi connectivity index (χ4v) is 1.18. The Morgan fingerprint density at radius 3 is 1.91 bits per heavy atom. The van der Waals surface area contributed by atoms with E-state index >= 15 is 0 Å². The van der Waals surface area contributed by atoms with E-state index in [0.29, 0.717) is 0 Å². The Labute approximate surface area is 86.2 Å². The molecule has 0 saturated heterocycles. The molecule has 0 aromatic heterocycles. The summed E-state index contributed by atoms with van der Waals surface area (Å²) in [6.45, 7) is 1.01. The molecule has 11 heavy (non-hydrogen) atoms. The number of rotatable bonds is 3. The first-order chi connectivity index (χ1) is 4.33. The Balaban J connectivity index is 0. The predicted molar refractivity (Wildman–Crippen MR) is 29.7 cm³/mol. The number of halogens is 2. The molecule has 3 nitrogen and oxygen atoms in total. The van der Waals surface area contributed by atoms with Gasteiger partial charge in [0.2, 0.25) is 6.43 Å². The van der Waals surface area contributed by atoms with Gasteiger partial charge in [0.1, 0.15) is 0 Å².